The lowest BCUT2D eigenvalue weighted by Gasteiger charge is -2.71. The molecule has 51 heavy (non-hydrogen) atoms. The molecule has 8 unspecified atom stereocenters. The first-order valence-corrected chi connectivity index (χ1v) is 19.2. The SMILES string of the molecule is CC1(C(=O)NCc2ccccc2Oc2ccc(Cl)c(Cl)c2)CCC2(C)CCC3(C)C4(C)CCC5C(C)(C)C(=O)C=CC5(C)C4=CC(=O)C3(O)C2C1. The van der Waals surface area contributed by atoms with Gasteiger partial charge in [-0.25, -0.2) is 0 Å². The number of ketones is 2. The van der Waals surface area contributed by atoms with E-state index in [1.807, 2.05) is 51.1 Å². The van der Waals surface area contributed by atoms with E-state index < -0.39 is 38.6 Å². The minimum atomic E-state index is -1.63. The molecule has 2 aromatic carbocycles. The van der Waals surface area contributed by atoms with Gasteiger partial charge < -0.3 is 15.2 Å². The number of para-hydroxylation sites is 1. The number of carbonyl (C=O) groups is 3. The van der Waals surface area contributed by atoms with Crippen LogP contribution < -0.4 is 10.1 Å². The summed E-state index contributed by atoms with van der Waals surface area (Å²) in [7, 11) is 0. The third-order valence-corrected chi connectivity index (χ3v) is 15.9. The van der Waals surface area contributed by atoms with Crippen LogP contribution in [0.1, 0.15) is 99.0 Å². The van der Waals surface area contributed by atoms with Crippen LogP contribution in [0.4, 0.5) is 0 Å². The Kier molecular flexibility index (Phi) is 8.42. The number of rotatable bonds is 5. The predicted molar refractivity (Wildman–Crippen MR) is 201 cm³/mol. The highest BCUT2D eigenvalue weighted by Crippen LogP contribution is 2.75. The maximum atomic E-state index is 14.8. The molecule has 3 saturated carbocycles. The fraction of sp³-hybridized carbons (Fsp3) is 0.558. The maximum Gasteiger partial charge on any atom is 0.226 e. The largest absolute Gasteiger partial charge is 0.457 e. The molecular weight excluding hydrogens is 681 g/mol. The van der Waals surface area contributed by atoms with Crippen molar-refractivity contribution >= 4 is 40.7 Å². The Hall–Kier alpha value is -2.93. The van der Waals surface area contributed by atoms with Crippen molar-refractivity contribution in [3.8, 4) is 11.5 Å². The van der Waals surface area contributed by atoms with Gasteiger partial charge in [-0.3, -0.25) is 14.4 Å². The zero-order valence-corrected chi connectivity index (χ0v) is 32.4. The van der Waals surface area contributed by atoms with Crippen LogP contribution in [0.5, 0.6) is 11.5 Å². The quantitative estimate of drug-likeness (QED) is 0.319. The van der Waals surface area contributed by atoms with Crippen LogP contribution in [0.3, 0.4) is 0 Å². The van der Waals surface area contributed by atoms with E-state index in [1.165, 1.54) is 0 Å². The van der Waals surface area contributed by atoms with Gasteiger partial charge in [-0.1, -0.05) is 95.9 Å². The fourth-order valence-corrected chi connectivity index (χ4v) is 11.8. The van der Waals surface area contributed by atoms with Gasteiger partial charge in [0.1, 0.15) is 17.1 Å². The molecule has 0 heterocycles. The number of nitrogens with one attached hydrogen (secondary N) is 1. The molecule has 2 N–H and O–H groups in total. The summed E-state index contributed by atoms with van der Waals surface area (Å²) >= 11 is 12.3. The Morgan fingerprint density at radius 2 is 1.59 bits per heavy atom. The lowest BCUT2D eigenvalue weighted by Crippen LogP contribution is -2.74. The van der Waals surface area contributed by atoms with Crippen LogP contribution in [0, 0.1) is 44.3 Å². The fourth-order valence-electron chi connectivity index (χ4n) is 11.5. The molecule has 0 bridgehead atoms. The number of allylic oxidation sites excluding steroid dienone is 3. The van der Waals surface area contributed by atoms with E-state index in [4.69, 9.17) is 27.9 Å². The molecule has 272 valence electrons. The minimum absolute atomic E-state index is 0.0689. The standard InChI is InChI=1S/C43H51Cl2NO5/c1-37(2)31-14-17-41(6)32(40(31,5)16-15-34(37)47)23-35(48)43(50)33-24-39(4,19-18-38(33,3)20-21-42(41,43)7)36(49)46-25-26-10-8-9-11-30(26)51-27-12-13-28(44)29(45)22-27/h8-13,15-16,22-23,31,33,50H,14,17-21,24-25H2,1-7H3,(H,46,49). The molecule has 0 aliphatic heterocycles. The number of fused-ring (bicyclic) bond motifs is 7. The van der Waals surface area contributed by atoms with Gasteiger partial charge in [-0.15, -0.1) is 0 Å². The second-order valence-electron chi connectivity index (χ2n) is 18.1. The maximum absolute atomic E-state index is 14.8. The van der Waals surface area contributed by atoms with Crippen molar-refractivity contribution in [1.29, 1.82) is 0 Å². The molecule has 0 radical (unpaired) electrons. The van der Waals surface area contributed by atoms with Gasteiger partial charge in [0.05, 0.1) is 10.0 Å². The van der Waals surface area contributed by atoms with Crippen LogP contribution in [-0.2, 0) is 20.9 Å². The van der Waals surface area contributed by atoms with Crippen molar-refractivity contribution in [2.75, 3.05) is 0 Å². The van der Waals surface area contributed by atoms with Crippen molar-refractivity contribution in [2.24, 2.45) is 44.3 Å². The number of amides is 1. The summed E-state index contributed by atoms with van der Waals surface area (Å²) in [5.41, 5.74) is -3.05. The highest BCUT2D eigenvalue weighted by Gasteiger charge is 2.75. The van der Waals surface area contributed by atoms with E-state index in [0.29, 0.717) is 34.4 Å². The lowest BCUT2D eigenvalue weighted by molar-refractivity contribution is -0.242. The topological polar surface area (TPSA) is 92.7 Å². The van der Waals surface area contributed by atoms with E-state index in [2.05, 4.69) is 33.0 Å². The Morgan fingerprint density at radius 1 is 0.882 bits per heavy atom. The molecule has 3 fully saturated rings. The molecule has 8 atom stereocenters. The summed E-state index contributed by atoms with van der Waals surface area (Å²) in [6.07, 6.45) is 10.6. The van der Waals surface area contributed by atoms with Crippen molar-refractivity contribution in [3.05, 3.63) is 81.9 Å². The van der Waals surface area contributed by atoms with Crippen molar-refractivity contribution < 1.29 is 24.2 Å². The first kappa shape index (κ1) is 36.4. The number of halogens is 2. The van der Waals surface area contributed by atoms with E-state index in [1.54, 1.807) is 30.4 Å². The summed E-state index contributed by atoms with van der Waals surface area (Å²) in [5, 5.41) is 17.2. The molecule has 1 amide bonds. The van der Waals surface area contributed by atoms with Crippen molar-refractivity contribution in [1.82, 2.24) is 5.32 Å². The monoisotopic (exact) mass is 731 g/mol. The van der Waals surface area contributed by atoms with Crippen LogP contribution in [0.25, 0.3) is 0 Å². The number of hydrogen-bond acceptors (Lipinski definition) is 5. The summed E-state index contributed by atoms with van der Waals surface area (Å²) in [6, 6.07) is 12.6. The van der Waals surface area contributed by atoms with Gasteiger partial charge in [0.2, 0.25) is 5.91 Å². The van der Waals surface area contributed by atoms with Gasteiger partial charge >= 0.3 is 0 Å². The van der Waals surface area contributed by atoms with Crippen molar-refractivity contribution in [2.45, 2.75) is 106 Å². The zero-order chi connectivity index (χ0) is 37.0. The van der Waals surface area contributed by atoms with E-state index >= 15 is 0 Å². The minimum Gasteiger partial charge on any atom is -0.457 e. The third-order valence-electron chi connectivity index (χ3n) is 15.2. The lowest BCUT2D eigenvalue weighted by atomic mass is 9.33. The first-order chi connectivity index (χ1) is 23.8. The molecule has 7 rings (SSSR count). The molecule has 8 heteroatoms. The number of benzene rings is 2. The molecular formula is C43H51Cl2NO5. The van der Waals surface area contributed by atoms with Crippen LogP contribution in [-0.4, -0.2) is 28.2 Å². The predicted octanol–water partition coefficient (Wildman–Crippen LogP) is 9.84. The molecule has 5 aliphatic rings. The Balaban J connectivity index is 1.17. The van der Waals surface area contributed by atoms with Crippen LogP contribution >= 0.6 is 23.2 Å². The highest BCUT2D eigenvalue weighted by atomic mass is 35.5. The van der Waals surface area contributed by atoms with E-state index in [9.17, 15) is 19.5 Å². The normalized spacial score (nSPS) is 39.5. The van der Waals surface area contributed by atoms with Crippen LogP contribution in [0.2, 0.25) is 10.0 Å². The van der Waals surface area contributed by atoms with E-state index in [-0.39, 0.29) is 35.4 Å². The Bertz CT molecular complexity index is 1900. The molecule has 0 saturated heterocycles. The highest BCUT2D eigenvalue weighted by molar-refractivity contribution is 6.42. The van der Waals surface area contributed by atoms with Gasteiger partial charge in [-0.05, 0) is 97.6 Å². The molecule has 0 spiro atoms. The smallest absolute Gasteiger partial charge is 0.226 e. The van der Waals surface area contributed by atoms with Gasteiger partial charge in [0.15, 0.2) is 11.6 Å². The van der Waals surface area contributed by atoms with E-state index in [0.717, 1.165) is 43.2 Å². The number of ether oxygens (including phenoxy) is 1. The number of carbonyl (C=O) groups excluding carboxylic acids is 3. The summed E-state index contributed by atoms with van der Waals surface area (Å²) < 4.78 is 6.15. The second-order valence-corrected chi connectivity index (χ2v) is 18.9. The zero-order valence-electron chi connectivity index (χ0n) is 30.9. The van der Waals surface area contributed by atoms with Crippen LogP contribution in [0.15, 0.2) is 66.3 Å². The second kappa shape index (κ2) is 11.8. The van der Waals surface area contributed by atoms with Gasteiger partial charge in [0.25, 0.3) is 0 Å². The summed E-state index contributed by atoms with van der Waals surface area (Å²) in [4.78, 5) is 42.0. The third kappa shape index (κ3) is 5.09. The number of aliphatic hydroxyl groups is 1. The first-order valence-electron chi connectivity index (χ1n) is 18.5. The molecule has 2 aromatic rings. The number of hydrogen-bond donors (Lipinski definition) is 2. The summed E-state index contributed by atoms with van der Waals surface area (Å²) in [5.74, 6) is 0.611. The summed E-state index contributed by atoms with van der Waals surface area (Å²) in [6.45, 7) is 15.1. The Labute approximate surface area is 312 Å². The average Bonchev–Trinajstić information content (AvgIpc) is 3.08. The van der Waals surface area contributed by atoms with Gasteiger partial charge in [0, 0.05) is 45.8 Å². The molecule has 5 aliphatic carbocycles. The Morgan fingerprint density at radius 3 is 2.31 bits per heavy atom. The molecule has 0 aromatic heterocycles. The molecule has 6 nitrogen and oxygen atoms in total. The average molecular weight is 733 g/mol. The van der Waals surface area contributed by atoms with Crippen molar-refractivity contribution in [3.63, 3.8) is 0 Å². The van der Waals surface area contributed by atoms with Gasteiger partial charge in [-0.2, -0.15) is 0 Å².